The van der Waals surface area contributed by atoms with Crippen molar-refractivity contribution in [2.24, 2.45) is 5.41 Å². The predicted molar refractivity (Wildman–Crippen MR) is 85.6 cm³/mol. The number of hydrogen-bond acceptors (Lipinski definition) is 5. The van der Waals surface area contributed by atoms with Gasteiger partial charge >= 0.3 is 11.9 Å². The van der Waals surface area contributed by atoms with Crippen molar-refractivity contribution in [2.75, 3.05) is 7.11 Å². The smallest absolute Gasteiger partial charge is 0.320 e. The summed E-state index contributed by atoms with van der Waals surface area (Å²) in [4.78, 5) is 25.2. The highest BCUT2D eigenvalue weighted by Gasteiger charge is 2.55. The van der Waals surface area contributed by atoms with Crippen molar-refractivity contribution in [3.05, 3.63) is 30.3 Å². The summed E-state index contributed by atoms with van der Waals surface area (Å²) in [5.41, 5.74) is -0.555. The molecule has 0 aromatic heterocycles. The second-order valence-electron chi connectivity index (χ2n) is 5.78. The number of hydrogen-bond donors (Lipinski definition) is 0. The van der Waals surface area contributed by atoms with Crippen molar-refractivity contribution >= 4 is 23.7 Å². The molecule has 1 aromatic rings. The molecule has 0 N–H and O–H groups in total. The molecule has 4 nitrogen and oxygen atoms in total. The van der Waals surface area contributed by atoms with Gasteiger partial charge in [0.15, 0.2) is 0 Å². The summed E-state index contributed by atoms with van der Waals surface area (Å²) in [5, 5.41) is -0.398. The Morgan fingerprint density at radius 1 is 1.36 bits per heavy atom. The van der Waals surface area contributed by atoms with Crippen LogP contribution in [0.25, 0.3) is 0 Å². The molecule has 120 valence electrons. The number of carbonyl (C=O) groups is 2. The van der Waals surface area contributed by atoms with E-state index in [0.29, 0.717) is 0 Å². The van der Waals surface area contributed by atoms with Gasteiger partial charge in [0.1, 0.15) is 11.4 Å². The molecule has 0 spiro atoms. The van der Waals surface area contributed by atoms with Gasteiger partial charge in [-0.3, -0.25) is 9.59 Å². The highest BCUT2D eigenvalue weighted by atomic mass is 32.2. The third kappa shape index (κ3) is 3.46. The zero-order valence-corrected chi connectivity index (χ0v) is 14.0. The molecule has 1 aliphatic rings. The van der Waals surface area contributed by atoms with Crippen LogP contribution in [-0.4, -0.2) is 30.4 Å². The van der Waals surface area contributed by atoms with Gasteiger partial charge in [-0.15, -0.1) is 11.8 Å². The molecule has 0 unspecified atom stereocenters. The number of carbonyl (C=O) groups excluding carboxylic acids is 2. The normalized spacial score (nSPS) is 27.5. The molecule has 1 aliphatic heterocycles. The number of rotatable bonds is 6. The van der Waals surface area contributed by atoms with Crippen LogP contribution >= 0.6 is 11.8 Å². The first-order valence-electron chi connectivity index (χ1n) is 7.50. The number of ether oxygens (including phenoxy) is 2. The van der Waals surface area contributed by atoms with E-state index in [9.17, 15) is 9.59 Å². The van der Waals surface area contributed by atoms with E-state index in [1.807, 2.05) is 44.2 Å². The van der Waals surface area contributed by atoms with Crippen molar-refractivity contribution in [2.45, 2.75) is 49.4 Å². The van der Waals surface area contributed by atoms with Crippen LogP contribution in [0.5, 0.6) is 0 Å². The minimum absolute atomic E-state index is 0.185. The third-order valence-corrected chi connectivity index (χ3v) is 5.62. The van der Waals surface area contributed by atoms with E-state index in [-0.39, 0.29) is 24.5 Å². The van der Waals surface area contributed by atoms with E-state index in [1.165, 1.54) is 18.9 Å². The first kappa shape index (κ1) is 16.9. The highest BCUT2D eigenvalue weighted by molar-refractivity contribution is 8.00. The first-order valence-corrected chi connectivity index (χ1v) is 8.38. The molecule has 0 aliphatic carbocycles. The van der Waals surface area contributed by atoms with E-state index in [1.54, 1.807) is 0 Å². The lowest BCUT2D eigenvalue weighted by Crippen LogP contribution is -2.38. The molecular formula is C17H22O4S. The van der Waals surface area contributed by atoms with Gasteiger partial charge in [0, 0.05) is 10.3 Å². The van der Waals surface area contributed by atoms with Gasteiger partial charge < -0.3 is 9.47 Å². The second-order valence-corrected chi connectivity index (χ2v) is 6.96. The van der Waals surface area contributed by atoms with Crippen molar-refractivity contribution < 1.29 is 19.1 Å². The van der Waals surface area contributed by atoms with Gasteiger partial charge in [-0.05, 0) is 18.6 Å². The molecule has 3 atom stereocenters. The zero-order chi connectivity index (χ0) is 16.2. The minimum atomic E-state index is -0.555. The summed E-state index contributed by atoms with van der Waals surface area (Å²) < 4.78 is 10.4. The molecule has 0 amide bonds. The van der Waals surface area contributed by atoms with Gasteiger partial charge in [-0.2, -0.15) is 0 Å². The van der Waals surface area contributed by atoms with E-state index in [0.717, 1.165) is 17.7 Å². The van der Waals surface area contributed by atoms with Gasteiger partial charge in [-0.25, -0.2) is 0 Å². The molecular weight excluding hydrogens is 300 g/mol. The molecule has 1 saturated heterocycles. The molecule has 22 heavy (non-hydrogen) atoms. The molecule has 5 heteroatoms. The van der Waals surface area contributed by atoms with E-state index in [2.05, 4.69) is 0 Å². The summed E-state index contributed by atoms with van der Waals surface area (Å²) in [5.74, 6) is -0.542. The van der Waals surface area contributed by atoms with E-state index < -0.39 is 10.7 Å². The lowest BCUT2D eigenvalue weighted by Gasteiger charge is -2.31. The Bertz CT molecular complexity index is 531. The SMILES string of the molecule is CCC[C@H]1OC(=O)[C@@H](Sc2ccccc2)[C@]1(C)CC(=O)OC. The number of methoxy groups -OCH3 is 1. The minimum Gasteiger partial charge on any atom is -0.469 e. The fourth-order valence-electron chi connectivity index (χ4n) is 2.83. The maximum atomic E-state index is 12.4. The molecule has 0 bridgehead atoms. The molecule has 1 fully saturated rings. The monoisotopic (exact) mass is 322 g/mol. The molecule has 0 saturated carbocycles. The van der Waals surface area contributed by atoms with Crippen molar-refractivity contribution in [3.8, 4) is 0 Å². The van der Waals surface area contributed by atoms with Crippen LogP contribution in [-0.2, 0) is 19.1 Å². The largest absolute Gasteiger partial charge is 0.469 e. The van der Waals surface area contributed by atoms with Gasteiger partial charge in [0.25, 0.3) is 0 Å². The van der Waals surface area contributed by atoms with Crippen LogP contribution in [0.15, 0.2) is 35.2 Å². The Hall–Kier alpha value is -1.49. The Balaban J connectivity index is 2.27. The topological polar surface area (TPSA) is 52.6 Å². The number of benzene rings is 1. The zero-order valence-electron chi connectivity index (χ0n) is 13.2. The lowest BCUT2D eigenvalue weighted by atomic mass is 9.78. The van der Waals surface area contributed by atoms with Gasteiger partial charge in [0.05, 0.1) is 13.5 Å². The summed E-state index contributed by atoms with van der Waals surface area (Å²) in [6.07, 6.45) is 1.60. The van der Waals surface area contributed by atoms with Crippen LogP contribution in [0.4, 0.5) is 0 Å². The summed E-state index contributed by atoms with van der Waals surface area (Å²) >= 11 is 1.47. The third-order valence-electron chi connectivity index (χ3n) is 4.11. The number of thioether (sulfide) groups is 1. The molecule has 1 aromatic carbocycles. The van der Waals surface area contributed by atoms with Crippen molar-refractivity contribution in [1.29, 1.82) is 0 Å². The van der Waals surface area contributed by atoms with Gasteiger partial charge in [0.2, 0.25) is 0 Å². The average Bonchev–Trinajstić information content (AvgIpc) is 2.73. The first-order chi connectivity index (χ1) is 10.5. The van der Waals surface area contributed by atoms with Crippen LogP contribution in [0, 0.1) is 5.41 Å². The molecule has 0 radical (unpaired) electrons. The summed E-state index contributed by atoms with van der Waals surface area (Å²) in [6.45, 7) is 4.00. The number of esters is 2. The maximum absolute atomic E-state index is 12.4. The predicted octanol–water partition coefficient (Wildman–Crippen LogP) is 3.44. The van der Waals surface area contributed by atoms with E-state index in [4.69, 9.17) is 9.47 Å². The average molecular weight is 322 g/mol. The van der Waals surface area contributed by atoms with Crippen LogP contribution in [0.1, 0.15) is 33.1 Å². The fourth-order valence-corrected chi connectivity index (χ4v) is 4.08. The standard InChI is InChI=1S/C17H22O4S/c1-4-8-13-17(2,11-14(18)20-3)15(16(19)21-13)22-12-9-6-5-7-10-12/h5-7,9-10,13,15H,4,8,11H2,1-3H3/t13-,15-,17-/m1/s1. The maximum Gasteiger partial charge on any atom is 0.320 e. The van der Waals surface area contributed by atoms with Gasteiger partial charge in [-0.1, -0.05) is 38.5 Å². The van der Waals surface area contributed by atoms with Crippen LogP contribution < -0.4 is 0 Å². The Kier molecular flexibility index (Phi) is 5.51. The quantitative estimate of drug-likeness (QED) is 0.751. The Morgan fingerprint density at radius 2 is 2.05 bits per heavy atom. The lowest BCUT2D eigenvalue weighted by molar-refractivity contribution is -0.146. The highest BCUT2D eigenvalue weighted by Crippen LogP contribution is 2.48. The summed E-state index contributed by atoms with van der Waals surface area (Å²) in [6, 6.07) is 9.73. The summed E-state index contributed by atoms with van der Waals surface area (Å²) in [7, 11) is 1.37. The Morgan fingerprint density at radius 3 is 2.64 bits per heavy atom. The fraction of sp³-hybridized carbons (Fsp3) is 0.529. The van der Waals surface area contributed by atoms with Crippen LogP contribution in [0.3, 0.4) is 0 Å². The molecule has 2 rings (SSSR count). The number of cyclic esters (lactones) is 1. The van der Waals surface area contributed by atoms with Crippen molar-refractivity contribution in [1.82, 2.24) is 0 Å². The van der Waals surface area contributed by atoms with Crippen molar-refractivity contribution in [3.63, 3.8) is 0 Å². The van der Waals surface area contributed by atoms with E-state index >= 15 is 0 Å². The van der Waals surface area contributed by atoms with Crippen LogP contribution in [0.2, 0.25) is 0 Å². The second kappa shape index (κ2) is 7.18. The molecule has 1 heterocycles. The Labute approximate surface area is 135 Å².